The number of nitrogens with one attached hydrogen (secondary N) is 1. The van der Waals surface area contributed by atoms with Gasteiger partial charge in [0.15, 0.2) is 5.82 Å². The monoisotopic (exact) mass is 254 g/mol. The van der Waals surface area contributed by atoms with Crippen LogP contribution in [-0.2, 0) is 16.1 Å². The standard InChI is InChI=1S/C10H14N4O4/c1-6-12-8(13-18-6)5-14-3-2-11-10(17)7(14)4-9(15)16/h7H,2-5H2,1H3,(H,11,17)(H,15,16). The number of carboxylic acids is 1. The predicted molar refractivity (Wildman–Crippen MR) is 58.5 cm³/mol. The first-order valence-corrected chi connectivity index (χ1v) is 5.59. The number of carbonyl (C=O) groups is 2. The molecule has 18 heavy (non-hydrogen) atoms. The van der Waals surface area contributed by atoms with Crippen LogP contribution >= 0.6 is 0 Å². The van der Waals surface area contributed by atoms with E-state index in [2.05, 4.69) is 15.5 Å². The van der Waals surface area contributed by atoms with E-state index in [1.807, 2.05) is 0 Å². The van der Waals surface area contributed by atoms with Crippen molar-refractivity contribution in [2.45, 2.75) is 25.9 Å². The lowest BCUT2D eigenvalue weighted by Gasteiger charge is -2.33. The molecule has 0 aliphatic carbocycles. The van der Waals surface area contributed by atoms with Crippen molar-refractivity contribution in [2.75, 3.05) is 13.1 Å². The summed E-state index contributed by atoms with van der Waals surface area (Å²) in [5.74, 6) is -0.381. The third-order valence-electron chi connectivity index (χ3n) is 2.72. The van der Waals surface area contributed by atoms with Crippen LogP contribution in [0.15, 0.2) is 4.52 Å². The summed E-state index contributed by atoms with van der Waals surface area (Å²) in [6.07, 6.45) is -0.233. The minimum Gasteiger partial charge on any atom is -0.481 e. The molecule has 98 valence electrons. The molecule has 1 saturated heterocycles. The molecule has 0 saturated carbocycles. The van der Waals surface area contributed by atoms with Crippen LogP contribution in [0.1, 0.15) is 18.1 Å². The van der Waals surface area contributed by atoms with Gasteiger partial charge in [-0.2, -0.15) is 4.98 Å². The average molecular weight is 254 g/mol. The molecule has 1 aromatic rings. The molecule has 2 N–H and O–H groups in total. The smallest absolute Gasteiger partial charge is 0.305 e. The van der Waals surface area contributed by atoms with Gasteiger partial charge in [-0.3, -0.25) is 14.5 Å². The molecule has 0 bridgehead atoms. The molecule has 1 atom stereocenters. The van der Waals surface area contributed by atoms with Crippen LogP contribution in [-0.4, -0.2) is 51.2 Å². The molecule has 1 aliphatic heterocycles. The van der Waals surface area contributed by atoms with E-state index in [0.717, 1.165) is 0 Å². The number of aromatic nitrogens is 2. The summed E-state index contributed by atoms with van der Waals surface area (Å²) in [7, 11) is 0. The Morgan fingerprint density at radius 3 is 3.06 bits per heavy atom. The van der Waals surface area contributed by atoms with Crippen molar-refractivity contribution in [3.8, 4) is 0 Å². The topological polar surface area (TPSA) is 109 Å². The third kappa shape index (κ3) is 2.83. The van der Waals surface area contributed by atoms with Gasteiger partial charge < -0.3 is 14.9 Å². The fourth-order valence-electron chi connectivity index (χ4n) is 1.93. The summed E-state index contributed by atoms with van der Waals surface area (Å²) in [6, 6.07) is -0.685. The number of hydrogen-bond donors (Lipinski definition) is 2. The van der Waals surface area contributed by atoms with E-state index >= 15 is 0 Å². The Balaban J connectivity index is 2.07. The highest BCUT2D eigenvalue weighted by Crippen LogP contribution is 2.12. The second-order valence-corrected chi connectivity index (χ2v) is 4.10. The Labute approximate surface area is 103 Å². The van der Waals surface area contributed by atoms with Crippen LogP contribution in [0.2, 0.25) is 0 Å². The lowest BCUT2D eigenvalue weighted by atomic mass is 10.1. The third-order valence-corrected chi connectivity index (χ3v) is 2.72. The highest BCUT2D eigenvalue weighted by Gasteiger charge is 2.32. The zero-order valence-electron chi connectivity index (χ0n) is 9.92. The van der Waals surface area contributed by atoms with Gasteiger partial charge in [0.2, 0.25) is 11.8 Å². The maximum Gasteiger partial charge on any atom is 0.305 e. The first-order chi connectivity index (χ1) is 8.56. The SMILES string of the molecule is Cc1nc(CN2CCNC(=O)C2CC(=O)O)no1. The number of amides is 1. The van der Waals surface area contributed by atoms with Crippen molar-refractivity contribution in [2.24, 2.45) is 0 Å². The average Bonchev–Trinajstić information content (AvgIpc) is 2.69. The largest absolute Gasteiger partial charge is 0.481 e. The number of carboxylic acid groups (broad SMARTS) is 1. The summed E-state index contributed by atoms with van der Waals surface area (Å²) in [5.41, 5.74) is 0. The molecule has 1 aliphatic rings. The van der Waals surface area contributed by atoms with Crippen LogP contribution in [0, 0.1) is 6.92 Å². The molecular weight excluding hydrogens is 240 g/mol. The Bertz CT molecular complexity index is 458. The van der Waals surface area contributed by atoms with Crippen molar-refractivity contribution >= 4 is 11.9 Å². The second-order valence-electron chi connectivity index (χ2n) is 4.10. The van der Waals surface area contributed by atoms with Crippen LogP contribution in [0.3, 0.4) is 0 Å². The summed E-state index contributed by atoms with van der Waals surface area (Å²) < 4.78 is 4.84. The number of nitrogens with zero attached hydrogens (tertiary/aromatic N) is 3. The number of hydrogen-bond acceptors (Lipinski definition) is 6. The second kappa shape index (κ2) is 5.13. The predicted octanol–water partition coefficient (Wildman–Crippen LogP) is -0.847. The number of rotatable bonds is 4. The van der Waals surface area contributed by atoms with Crippen LogP contribution in [0.5, 0.6) is 0 Å². The Morgan fingerprint density at radius 1 is 1.67 bits per heavy atom. The summed E-state index contributed by atoms with van der Waals surface area (Å²) in [5, 5.41) is 15.2. The first kappa shape index (κ1) is 12.5. The molecule has 0 radical (unpaired) electrons. The zero-order chi connectivity index (χ0) is 13.1. The van der Waals surface area contributed by atoms with E-state index in [0.29, 0.717) is 31.3 Å². The van der Waals surface area contributed by atoms with Gasteiger partial charge in [0.05, 0.1) is 13.0 Å². The van der Waals surface area contributed by atoms with Crippen molar-refractivity contribution in [1.82, 2.24) is 20.4 Å². The highest BCUT2D eigenvalue weighted by atomic mass is 16.5. The van der Waals surface area contributed by atoms with Gasteiger partial charge >= 0.3 is 5.97 Å². The van der Waals surface area contributed by atoms with Gasteiger partial charge in [-0.1, -0.05) is 5.16 Å². The Hall–Kier alpha value is -1.96. The van der Waals surface area contributed by atoms with E-state index in [4.69, 9.17) is 9.63 Å². The van der Waals surface area contributed by atoms with E-state index in [1.54, 1.807) is 11.8 Å². The molecule has 8 heteroatoms. The van der Waals surface area contributed by atoms with Gasteiger partial charge in [0.1, 0.15) is 6.04 Å². The minimum absolute atomic E-state index is 0.233. The zero-order valence-corrected chi connectivity index (χ0v) is 9.92. The molecule has 0 spiro atoms. The van der Waals surface area contributed by atoms with E-state index in [9.17, 15) is 9.59 Å². The first-order valence-electron chi connectivity index (χ1n) is 5.59. The maximum atomic E-state index is 11.7. The van der Waals surface area contributed by atoms with E-state index < -0.39 is 12.0 Å². The summed E-state index contributed by atoms with van der Waals surface area (Å²) in [4.78, 5) is 28.2. The lowest BCUT2D eigenvalue weighted by molar-refractivity contribution is -0.143. The Morgan fingerprint density at radius 2 is 2.44 bits per heavy atom. The summed E-state index contributed by atoms with van der Waals surface area (Å²) in [6.45, 7) is 3.04. The summed E-state index contributed by atoms with van der Waals surface area (Å²) >= 11 is 0. The van der Waals surface area contributed by atoms with Gasteiger partial charge in [0, 0.05) is 20.0 Å². The quantitative estimate of drug-likeness (QED) is 0.720. The van der Waals surface area contributed by atoms with E-state index in [1.165, 1.54) is 0 Å². The number of piperazine rings is 1. The molecule has 8 nitrogen and oxygen atoms in total. The van der Waals surface area contributed by atoms with E-state index in [-0.39, 0.29) is 12.3 Å². The number of carbonyl (C=O) groups excluding carboxylic acids is 1. The number of aryl methyl sites for hydroxylation is 1. The highest BCUT2D eigenvalue weighted by molar-refractivity contribution is 5.86. The van der Waals surface area contributed by atoms with Gasteiger partial charge in [0.25, 0.3) is 0 Å². The maximum absolute atomic E-state index is 11.7. The molecule has 2 heterocycles. The van der Waals surface area contributed by atoms with Crippen molar-refractivity contribution in [3.05, 3.63) is 11.7 Å². The Kier molecular flexibility index (Phi) is 3.56. The fraction of sp³-hybridized carbons (Fsp3) is 0.600. The van der Waals surface area contributed by atoms with Gasteiger partial charge in [-0.05, 0) is 0 Å². The van der Waals surface area contributed by atoms with Crippen LogP contribution in [0.4, 0.5) is 0 Å². The van der Waals surface area contributed by atoms with Gasteiger partial charge in [-0.25, -0.2) is 0 Å². The van der Waals surface area contributed by atoms with Crippen molar-refractivity contribution in [1.29, 1.82) is 0 Å². The van der Waals surface area contributed by atoms with Gasteiger partial charge in [-0.15, -0.1) is 0 Å². The number of aliphatic carboxylic acids is 1. The van der Waals surface area contributed by atoms with Crippen molar-refractivity contribution in [3.63, 3.8) is 0 Å². The molecular formula is C10H14N4O4. The molecule has 1 fully saturated rings. The van der Waals surface area contributed by atoms with Crippen molar-refractivity contribution < 1.29 is 19.2 Å². The normalized spacial score (nSPS) is 20.7. The molecule has 0 aromatic carbocycles. The van der Waals surface area contributed by atoms with Crippen LogP contribution < -0.4 is 5.32 Å². The van der Waals surface area contributed by atoms with Crippen LogP contribution in [0.25, 0.3) is 0 Å². The molecule has 2 rings (SSSR count). The molecule has 1 aromatic heterocycles. The fourth-order valence-corrected chi connectivity index (χ4v) is 1.93. The molecule has 1 unspecified atom stereocenters. The lowest BCUT2D eigenvalue weighted by Crippen LogP contribution is -2.55. The minimum atomic E-state index is -1.01. The molecule has 1 amide bonds.